The molecule has 56 heavy (non-hydrogen) atoms. The summed E-state index contributed by atoms with van der Waals surface area (Å²) in [6.07, 6.45) is 0. The van der Waals surface area contributed by atoms with Crippen molar-refractivity contribution in [1.82, 2.24) is 0 Å². The van der Waals surface area contributed by atoms with Crippen LogP contribution in [0.25, 0.3) is 77.6 Å². The van der Waals surface area contributed by atoms with E-state index in [1.54, 1.807) is 0 Å². The molecular formula is C55H36O. The second-order valence-electron chi connectivity index (χ2n) is 14.8. The lowest BCUT2D eigenvalue weighted by molar-refractivity contribution is 0.666. The van der Waals surface area contributed by atoms with E-state index in [1.807, 2.05) is 0 Å². The average Bonchev–Trinajstić information content (AvgIpc) is 3.80. The van der Waals surface area contributed by atoms with E-state index in [2.05, 4.69) is 218 Å². The average molecular weight is 713 g/mol. The van der Waals surface area contributed by atoms with E-state index in [0.717, 1.165) is 27.5 Å². The second-order valence-corrected chi connectivity index (χ2v) is 14.8. The number of benzene rings is 9. The standard InChI is InChI=1S/C55H36O/c1-5-16-37(17-6-1)41-32-42(38-18-7-2-8-19-38)34-43(33-41)39-28-30-40(31-29-39)46-25-15-27-52-54(46)49-35-48-47-24-13-14-26-50(47)55(44-20-9-3-10-21-44,45-22-11-4-12-23-45)51(48)36-53(49)56-52/h1-36H. The zero-order valence-electron chi connectivity index (χ0n) is 30.7. The van der Waals surface area contributed by atoms with Crippen molar-refractivity contribution in [2.24, 2.45) is 0 Å². The molecule has 0 spiro atoms. The van der Waals surface area contributed by atoms with Crippen molar-refractivity contribution in [3.63, 3.8) is 0 Å². The van der Waals surface area contributed by atoms with Crippen LogP contribution in [0.4, 0.5) is 0 Å². The van der Waals surface area contributed by atoms with Crippen LogP contribution in [0.3, 0.4) is 0 Å². The largest absolute Gasteiger partial charge is 0.456 e. The fourth-order valence-corrected chi connectivity index (χ4v) is 9.23. The van der Waals surface area contributed by atoms with Gasteiger partial charge < -0.3 is 4.42 Å². The molecule has 1 aliphatic rings. The summed E-state index contributed by atoms with van der Waals surface area (Å²) >= 11 is 0. The fourth-order valence-electron chi connectivity index (χ4n) is 9.23. The molecule has 11 rings (SSSR count). The van der Waals surface area contributed by atoms with Gasteiger partial charge in [0, 0.05) is 10.8 Å². The molecule has 10 aromatic rings. The van der Waals surface area contributed by atoms with Crippen LogP contribution < -0.4 is 0 Å². The first-order valence-electron chi connectivity index (χ1n) is 19.3. The molecule has 0 saturated carbocycles. The highest BCUT2D eigenvalue weighted by Crippen LogP contribution is 2.57. The van der Waals surface area contributed by atoms with Gasteiger partial charge >= 0.3 is 0 Å². The van der Waals surface area contributed by atoms with Gasteiger partial charge in [0.15, 0.2) is 0 Å². The van der Waals surface area contributed by atoms with Gasteiger partial charge in [-0.15, -0.1) is 0 Å². The third-order valence-corrected chi connectivity index (χ3v) is 11.8. The highest BCUT2D eigenvalue weighted by molar-refractivity contribution is 6.14. The molecule has 1 aliphatic carbocycles. The minimum Gasteiger partial charge on any atom is -0.456 e. The van der Waals surface area contributed by atoms with Crippen molar-refractivity contribution in [1.29, 1.82) is 0 Å². The molecule has 262 valence electrons. The SMILES string of the molecule is c1ccc(-c2cc(-c3ccccc3)cc(-c3ccc(-c4cccc5oc6cc7c(cc6c45)-c4ccccc4C7(c4ccccc4)c4ccccc4)cc3)c2)cc1. The molecule has 0 unspecified atom stereocenters. The highest BCUT2D eigenvalue weighted by atomic mass is 16.3. The monoisotopic (exact) mass is 712 g/mol. The molecular weight excluding hydrogens is 677 g/mol. The smallest absolute Gasteiger partial charge is 0.136 e. The van der Waals surface area contributed by atoms with Crippen LogP contribution in [0.15, 0.2) is 223 Å². The Kier molecular flexibility index (Phi) is 7.47. The lowest BCUT2D eigenvalue weighted by atomic mass is 9.67. The number of rotatable bonds is 6. The van der Waals surface area contributed by atoms with Gasteiger partial charge in [-0.1, -0.05) is 182 Å². The molecule has 0 radical (unpaired) electrons. The maximum Gasteiger partial charge on any atom is 0.136 e. The van der Waals surface area contributed by atoms with Gasteiger partial charge in [-0.25, -0.2) is 0 Å². The van der Waals surface area contributed by atoms with Crippen molar-refractivity contribution in [3.05, 3.63) is 241 Å². The van der Waals surface area contributed by atoms with Crippen LogP contribution in [0.1, 0.15) is 22.3 Å². The van der Waals surface area contributed by atoms with Crippen molar-refractivity contribution in [2.75, 3.05) is 0 Å². The van der Waals surface area contributed by atoms with E-state index in [1.165, 1.54) is 72.3 Å². The molecule has 0 saturated heterocycles. The van der Waals surface area contributed by atoms with Crippen LogP contribution in [0.5, 0.6) is 0 Å². The van der Waals surface area contributed by atoms with E-state index in [4.69, 9.17) is 4.42 Å². The molecule has 9 aromatic carbocycles. The maximum atomic E-state index is 6.81. The Morgan fingerprint density at radius 2 is 0.768 bits per heavy atom. The van der Waals surface area contributed by atoms with E-state index in [0.29, 0.717) is 0 Å². The highest BCUT2D eigenvalue weighted by Gasteiger charge is 2.46. The Hall–Kier alpha value is -7.22. The third kappa shape index (κ3) is 5.02. The van der Waals surface area contributed by atoms with Crippen molar-refractivity contribution < 1.29 is 4.42 Å². The van der Waals surface area contributed by atoms with E-state index < -0.39 is 5.41 Å². The normalized spacial score (nSPS) is 12.8. The van der Waals surface area contributed by atoms with Gasteiger partial charge in [-0.2, -0.15) is 0 Å². The predicted molar refractivity (Wildman–Crippen MR) is 233 cm³/mol. The number of fused-ring (bicyclic) bond motifs is 6. The lowest BCUT2D eigenvalue weighted by Crippen LogP contribution is -2.28. The van der Waals surface area contributed by atoms with Gasteiger partial charge in [0.2, 0.25) is 0 Å². The van der Waals surface area contributed by atoms with Crippen LogP contribution in [-0.2, 0) is 5.41 Å². The Labute approximate surface area is 326 Å². The minimum absolute atomic E-state index is 0.474. The second kappa shape index (κ2) is 13.0. The Balaban J connectivity index is 1.07. The lowest BCUT2D eigenvalue weighted by Gasteiger charge is -2.33. The Bertz CT molecular complexity index is 2930. The summed E-state index contributed by atoms with van der Waals surface area (Å²) in [5.74, 6) is 0. The maximum absolute atomic E-state index is 6.81. The Morgan fingerprint density at radius 3 is 1.36 bits per heavy atom. The van der Waals surface area contributed by atoms with Crippen molar-refractivity contribution >= 4 is 21.9 Å². The van der Waals surface area contributed by atoms with E-state index >= 15 is 0 Å². The molecule has 0 bridgehead atoms. The quantitative estimate of drug-likeness (QED) is 0.167. The summed E-state index contributed by atoms with van der Waals surface area (Å²) in [5, 5.41) is 2.28. The first kappa shape index (κ1) is 32.2. The fraction of sp³-hybridized carbons (Fsp3) is 0.0182. The van der Waals surface area contributed by atoms with Crippen LogP contribution in [0, 0.1) is 0 Å². The van der Waals surface area contributed by atoms with Gasteiger partial charge in [0.05, 0.1) is 5.41 Å². The Morgan fingerprint density at radius 1 is 0.286 bits per heavy atom. The predicted octanol–water partition coefficient (Wildman–Crippen LogP) is 14.6. The first-order chi connectivity index (χ1) is 27.8. The van der Waals surface area contributed by atoms with Crippen LogP contribution in [-0.4, -0.2) is 0 Å². The summed E-state index contributed by atoms with van der Waals surface area (Å²) in [4.78, 5) is 0. The minimum atomic E-state index is -0.474. The van der Waals surface area contributed by atoms with Gasteiger partial charge in [0.25, 0.3) is 0 Å². The number of furan rings is 1. The number of hydrogen-bond acceptors (Lipinski definition) is 1. The molecule has 1 nitrogen and oxygen atoms in total. The van der Waals surface area contributed by atoms with Gasteiger partial charge in [0.1, 0.15) is 11.2 Å². The molecule has 0 atom stereocenters. The molecule has 1 aromatic heterocycles. The van der Waals surface area contributed by atoms with Gasteiger partial charge in [-0.3, -0.25) is 0 Å². The summed E-state index contributed by atoms with van der Waals surface area (Å²) in [5.41, 5.74) is 18.4. The molecule has 0 aliphatic heterocycles. The van der Waals surface area contributed by atoms with Gasteiger partial charge in [-0.05, 0) is 114 Å². The number of hydrogen-bond donors (Lipinski definition) is 0. The molecule has 0 fully saturated rings. The third-order valence-electron chi connectivity index (χ3n) is 11.8. The van der Waals surface area contributed by atoms with Crippen LogP contribution in [0.2, 0.25) is 0 Å². The summed E-state index contributed by atoms with van der Waals surface area (Å²) in [6.45, 7) is 0. The van der Waals surface area contributed by atoms with E-state index in [9.17, 15) is 0 Å². The topological polar surface area (TPSA) is 13.1 Å². The van der Waals surface area contributed by atoms with Crippen molar-refractivity contribution in [3.8, 4) is 55.6 Å². The van der Waals surface area contributed by atoms with E-state index in [-0.39, 0.29) is 0 Å². The summed E-state index contributed by atoms with van der Waals surface area (Å²) in [7, 11) is 0. The molecule has 0 amide bonds. The van der Waals surface area contributed by atoms with Crippen molar-refractivity contribution in [2.45, 2.75) is 5.41 Å². The molecule has 0 N–H and O–H groups in total. The molecule has 1 heterocycles. The zero-order valence-corrected chi connectivity index (χ0v) is 30.7. The zero-order chi connectivity index (χ0) is 37.1. The summed E-state index contributed by atoms with van der Waals surface area (Å²) in [6, 6.07) is 79.2. The summed E-state index contributed by atoms with van der Waals surface area (Å²) < 4.78 is 6.81. The molecule has 1 heteroatoms. The first-order valence-corrected chi connectivity index (χ1v) is 19.3. The van der Waals surface area contributed by atoms with Crippen LogP contribution >= 0.6 is 0 Å².